The van der Waals surface area contributed by atoms with Crippen LogP contribution in [0.25, 0.3) is 0 Å². The molecule has 0 atom stereocenters. The van der Waals surface area contributed by atoms with Crippen LogP contribution in [0.4, 0.5) is 0 Å². The Morgan fingerprint density at radius 1 is 1.04 bits per heavy atom. The average molecular weight is 351 g/mol. The van der Waals surface area contributed by atoms with Crippen molar-refractivity contribution in [2.75, 3.05) is 53.0 Å². The van der Waals surface area contributed by atoms with Crippen molar-refractivity contribution in [2.45, 2.75) is 57.9 Å². The van der Waals surface area contributed by atoms with Crippen LogP contribution in [-0.2, 0) is 4.74 Å². The van der Waals surface area contributed by atoms with Crippen molar-refractivity contribution in [1.29, 1.82) is 0 Å². The molecule has 1 N–H and O–H groups in total. The third-order valence-corrected chi connectivity index (χ3v) is 5.81. The fourth-order valence-corrected chi connectivity index (χ4v) is 3.77. The molecule has 0 aromatic carbocycles. The Kier molecular flexibility index (Phi) is 7.41. The van der Waals surface area contributed by atoms with Gasteiger partial charge < -0.3 is 15.0 Å². The number of hydrogen-bond acceptors (Lipinski definition) is 3. The summed E-state index contributed by atoms with van der Waals surface area (Å²) in [6.45, 7) is 9.44. The quantitative estimate of drug-likeness (QED) is 0.486. The minimum atomic E-state index is 0.822. The lowest BCUT2D eigenvalue weighted by atomic mass is 9.96. The SMILES string of the molecule is CCNC(=NCCN(CC1CC1)C1CC1)N(C)CCC1CCOCC1. The van der Waals surface area contributed by atoms with Crippen LogP contribution in [0.5, 0.6) is 0 Å². The zero-order valence-electron chi connectivity index (χ0n) is 16.4. The molecule has 0 aromatic rings. The minimum Gasteiger partial charge on any atom is -0.381 e. The maximum absolute atomic E-state index is 5.47. The van der Waals surface area contributed by atoms with Crippen molar-refractivity contribution in [3.8, 4) is 0 Å². The number of rotatable bonds is 10. The van der Waals surface area contributed by atoms with E-state index < -0.39 is 0 Å². The predicted molar refractivity (Wildman–Crippen MR) is 104 cm³/mol. The molecule has 2 aliphatic carbocycles. The molecule has 0 spiro atoms. The van der Waals surface area contributed by atoms with Gasteiger partial charge in [0.1, 0.15) is 0 Å². The molecule has 0 aromatic heterocycles. The number of ether oxygens (including phenoxy) is 1. The Morgan fingerprint density at radius 2 is 1.80 bits per heavy atom. The van der Waals surface area contributed by atoms with Crippen LogP contribution in [-0.4, -0.2) is 74.8 Å². The molecule has 3 fully saturated rings. The first-order chi connectivity index (χ1) is 12.3. The first kappa shape index (κ1) is 19.0. The second kappa shape index (κ2) is 9.77. The first-order valence-corrected chi connectivity index (χ1v) is 10.6. The Hall–Kier alpha value is -0.810. The van der Waals surface area contributed by atoms with Crippen molar-refractivity contribution in [1.82, 2.24) is 15.1 Å². The summed E-state index contributed by atoms with van der Waals surface area (Å²) in [6, 6.07) is 0.865. The smallest absolute Gasteiger partial charge is 0.193 e. The summed E-state index contributed by atoms with van der Waals surface area (Å²) in [7, 11) is 2.18. The molecule has 1 aliphatic heterocycles. The van der Waals surface area contributed by atoms with E-state index in [0.717, 1.165) is 63.2 Å². The largest absolute Gasteiger partial charge is 0.381 e. The number of nitrogens with one attached hydrogen (secondary N) is 1. The zero-order chi connectivity index (χ0) is 17.5. The number of guanidine groups is 1. The summed E-state index contributed by atoms with van der Waals surface area (Å²) >= 11 is 0. The van der Waals surface area contributed by atoms with E-state index in [2.05, 4.69) is 29.1 Å². The molecule has 3 rings (SSSR count). The summed E-state index contributed by atoms with van der Waals surface area (Å²) in [6.07, 6.45) is 9.40. The third-order valence-electron chi connectivity index (χ3n) is 5.81. The molecule has 1 heterocycles. The van der Waals surface area contributed by atoms with Gasteiger partial charge in [0.25, 0.3) is 0 Å². The maximum atomic E-state index is 5.47. The van der Waals surface area contributed by atoms with Gasteiger partial charge in [-0.05, 0) is 63.7 Å². The van der Waals surface area contributed by atoms with Crippen LogP contribution in [0.15, 0.2) is 4.99 Å². The van der Waals surface area contributed by atoms with E-state index in [0.29, 0.717) is 0 Å². The summed E-state index contributed by atoms with van der Waals surface area (Å²) < 4.78 is 5.47. The number of aliphatic imine (C=N–C) groups is 1. The zero-order valence-corrected chi connectivity index (χ0v) is 16.4. The lowest BCUT2D eigenvalue weighted by Crippen LogP contribution is -2.41. The van der Waals surface area contributed by atoms with E-state index in [9.17, 15) is 0 Å². The second-order valence-electron chi connectivity index (χ2n) is 8.17. The Bertz CT molecular complexity index is 414. The summed E-state index contributed by atoms with van der Waals surface area (Å²) in [5.41, 5.74) is 0. The van der Waals surface area contributed by atoms with Gasteiger partial charge in [0.05, 0.1) is 6.54 Å². The van der Waals surface area contributed by atoms with E-state index in [-0.39, 0.29) is 0 Å². The predicted octanol–water partition coefficient (Wildman–Crippen LogP) is 2.57. The Balaban J connectivity index is 1.42. The highest BCUT2D eigenvalue weighted by molar-refractivity contribution is 5.79. The Morgan fingerprint density at radius 3 is 2.44 bits per heavy atom. The van der Waals surface area contributed by atoms with Crippen LogP contribution < -0.4 is 5.32 Å². The van der Waals surface area contributed by atoms with Crippen LogP contribution in [0.2, 0.25) is 0 Å². The Labute approximate surface area is 154 Å². The highest BCUT2D eigenvalue weighted by atomic mass is 16.5. The van der Waals surface area contributed by atoms with Crippen LogP contribution >= 0.6 is 0 Å². The van der Waals surface area contributed by atoms with E-state index in [1.54, 1.807) is 0 Å². The molecular formula is C20H38N4O. The van der Waals surface area contributed by atoms with Gasteiger partial charge in [-0.2, -0.15) is 0 Å². The van der Waals surface area contributed by atoms with E-state index in [1.807, 2.05) is 0 Å². The van der Waals surface area contributed by atoms with Gasteiger partial charge in [-0.1, -0.05) is 0 Å². The second-order valence-corrected chi connectivity index (χ2v) is 8.17. The van der Waals surface area contributed by atoms with E-state index in [4.69, 9.17) is 9.73 Å². The molecule has 1 saturated heterocycles. The number of hydrogen-bond donors (Lipinski definition) is 1. The number of nitrogens with zero attached hydrogens (tertiary/aromatic N) is 3. The van der Waals surface area contributed by atoms with Crippen LogP contribution in [0.3, 0.4) is 0 Å². The summed E-state index contributed by atoms with van der Waals surface area (Å²) in [5.74, 6) is 2.89. The highest BCUT2D eigenvalue weighted by Gasteiger charge is 2.33. The normalized spacial score (nSPS) is 22.4. The highest BCUT2D eigenvalue weighted by Crippen LogP contribution is 2.34. The van der Waals surface area contributed by atoms with Gasteiger partial charge in [-0.25, -0.2) is 0 Å². The summed E-state index contributed by atoms with van der Waals surface area (Å²) in [4.78, 5) is 9.94. The monoisotopic (exact) mass is 350 g/mol. The molecule has 5 heteroatoms. The molecule has 3 aliphatic rings. The summed E-state index contributed by atoms with van der Waals surface area (Å²) in [5, 5.41) is 3.47. The molecule has 0 unspecified atom stereocenters. The standard InChI is InChI=1S/C20H38N4O/c1-3-21-20(23(2)12-8-17-9-14-25-15-10-17)22-11-13-24(19-6-7-19)16-18-4-5-18/h17-19H,3-16H2,1-2H3,(H,21,22). The van der Waals surface area contributed by atoms with Gasteiger partial charge in [0.15, 0.2) is 5.96 Å². The topological polar surface area (TPSA) is 40.1 Å². The maximum Gasteiger partial charge on any atom is 0.193 e. The molecule has 5 nitrogen and oxygen atoms in total. The van der Waals surface area contributed by atoms with Gasteiger partial charge >= 0.3 is 0 Å². The van der Waals surface area contributed by atoms with Crippen molar-refractivity contribution in [3.63, 3.8) is 0 Å². The lowest BCUT2D eigenvalue weighted by molar-refractivity contribution is 0.0625. The van der Waals surface area contributed by atoms with E-state index in [1.165, 1.54) is 51.5 Å². The van der Waals surface area contributed by atoms with Crippen molar-refractivity contribution in [3.05, 3.63) is 0 Å². The van der Waals surface area contributed by atoms with Crippen molar-refractivity contribution >= 4 is 5.96 Å². The van der Waals surface area contributed by atoms with Crippen molar-refractivity contribution < 1.29 is 4.74 Å². The average Bonchev–Trinajstić information content (AvgIpc) is 3.52. The lowest BCUT2D eigenvalue weighted by Gasteiger charge is -2.27. The van der Waals surface area contributed by atoms with Crippen LogP contribution in [0, 0.1) is 11.8 Å². The third kappa shape index (κ3) is 6.78. The molecule has 0 radical (unpaired) electrons. The van der Waals surface area contributed by atoms with Gasteiger partial charge in [0.2, 0.25) is 0 Å². The fourth-order valence-electron chi connectivity index (χ4n) is 3.77. The molecule has 2 saturated carbocycles. The van der Waals surface area contributed by atoms with Gasteiger partial charge in [-0.15, -0.1) is 0 Å². The van der Waals surface area contributed by atoms with Gasteiger partial charge in [-0.3, -0.25) is 9.89 Å². The van der Waals surface area contributed by atoms with Crippen molar-refractivity contribution in [2.24, 2.45) is 16.8 Å². The van der Waals surface area contributed by atoms with Gasteiger partial charge in [0, 0.05) is 52.5 Å². The molecule has 0 amide bonds. The fraction of sp³-hybridized carbons (Fsp3) is 0.950. The first-order valence-electron chi connectivity index (χ1n) is 10.6. The molecule has 144 valence electrons. The van der Waals surface area contributed by atoms with E-state index >= 15 is 0 Å². The van der Waals surface area contributed by atoms with Crippen LogP contribution in [0.1, 0.15) is 51.9 Å². The molecular weight excluding hydrogens is 312 g/mol. The molecule has 0 bridgehead atoms. The minimum absolute atomic E-state index is 0.822. The molecule has 25 heavy (non-hydrogen) atoms.